The summed E-state index contributed by atoms with van der Waals surface area (Å²) in [6, 6.07) is 32.6. The predicted octanol–water partition coefficient (Wildman–Crippen LogP) is 7.85. The standard InChI is InChI=1S/C28H23N/c1-2-6-21(7-3-1)23-12-16-27(17-13-23)29-28-18-14-24(15-19-28)26-11-10-22-8-4-5-9-25(22)20-26/h1-6,8-21,29H,7H2. The van der Waals surface area contributed by atoms with Crippen molar-refractivity contribution in [1.29, 1.82) is 0 Å². The summed E-state index contributed by atoms with van der Waals surface area (Å²) in [4.78, 5) is 0. The van der Waals surface area contributed by atoms with Crippen LogP contribution in [0, 0.1) is 0 Å². The van der Waals surface area contributed by atoms with Crippen LogP contribution in [0.2, 0.25) is 0 Å². The summed E-state index contributed by atoms with van der Waals surface area (Å²) in [6.07, 6.45) is 9.84. The largest absolute Gasteiger partial charge is 0.356 e. The predicted molar refractivity (Wildman–Crippen MR) is 125 cm³/mol. The molecule has 0 bridgehead atoms. The fraction of sp³-hybridized carbons (Fsp3) is 0.0714. The molecule has 0 fully saturated rings. The van der Waals surface area contributed by atoms with Crippen molar-refractivity contribution >= 4 is 22.1 Å². The number of anilines is 2. The molecule has 0 amide bonds. The average Bonchev–Trinajstić information content (AvgIpc) is 2.80. The van der Waals surface area contributed by atoms with Crippen LogP contribution in [0.25, 0.3) is 21.9 Å². The summed E-state index contributed by atoms with van der Waals surface area (Å²) in [7, 11) is 0. The molecule has 0 saturated carbocycles. The van der Waals surface area contributed by atoms with Gasteiger partial charge in [-0.2, -0.15) is 0 Å². The Balaban J connectivity index is 1.31. The Labute approximate surface area is 172 Å². The minimum atomic E-state index is 0.496. The molecule has 0 radical (unpaired) electrons. The first-order valence-electron chi connectivity index (χ1n) is 10.1. The lowest BCUT2D eigenvalue weighted by Gasteiger charge is -2.14. The third kappa shape index (κ3) is 3.86. The van der Waals surface area contributed by atoms with Crippen molar-refractivity contribution < 1.29 is 0 Å². The maximum atomic E-state index is 3.51. The second kappa shape index (κ2) is 7.81. The molecule has 0 aliphatic heterocycles. The summed E-state index contributed by atoms with van der Waals surface area (Å²) in [5.41, 5.74) is 6.05. The Kier molecular flexibility index (Phi) is 4.72. The summed E-state index contributed by atoms with van der Waals surface area (Å²) < 4.78 is 0. The van der Waals surface area contributed by atoms with Gasteiger partial charge in [0.15, 0.2) is 0 Å². The molecular formula is C28H23N. The van der Waals surface area contributed by atoms with Gasteiger partial charge in [0.1, 0.15) is 0 Å². The van der Waals surface area contributed by atoms with E-state index < -0.39 is 0 Å². The first-order chi connectivity index (χ1) is 14.3. The number of hydrogen-bond donors (Lipinski definition) is 1. The maximum Gasteiger partial charge on any atom is 0.0384 e. The van der Waals surface area contributed by atoms with Gasteiger partial charge in [-0.1, -0.05) is 85.0 Å². The summed E-state index contributed by atoms with van der Waals surface area (Å²) >= 11 is 0. The van der Waals surface area contributed by atoms with E-state index in [2.05, 4.69) is 121 Å². The second-order valence-electron chi connectivity index (χ2n) is 7.54. The molecule has 29 heavy (non-hydrogen) atoms. The quantitative estimate of drug-likeness (QED) is 0.384. The Morgan fingerprint density at radius 2 is 1.31 bits per heavy atom. The van der Waals surface area contributed by atoms with Gasteiger partial charge in [-0.05, 0) is 64.2 Å². The molecule has 5 rings (SSSR count). The van der Waals surface area contributed by atoms with Crippen LogP contribution in [0.4, 0.5) is 11.4 Å². The molecule has 0 heterocycles. The highest BCUT2D eigenvalue weighted by molar-refractivity contribution is 5.87. The minimum Gasteiger partial charge on any atom is -0.356 e. The van der Waals surface area contributed by atoms with Gasteiger partial charge in [0.25, 0.3) is 0 Å². The zero-order valence-corrected chi connectivity index (χ0v) is 16.3. The van der Waals surface area contributed by atoms with Gasteiger partial charge in [0, 0.05) is 17.3 Å². The number of benzene rings is 4. The van der Waals surface area contributed by atoms with E-state index in [4.69, 9.17) is 0 Å². The monoisotopic (exact) mass is 373 g/mol. The molecule has 0 saturated heterocycles. The van der Waals surface area contributed by atoms with Crippen LogP contribution in [0.1, 0.15) is 17.9 Å². The first-order valence-corrected chi connectivity index (χ1v) is 10.1. The van der Waals surface area contributed by atoms with Gasteiger partial charge in [0.05, 0.1) is 0 Å². The second-order valence-corrected chi connectivity index (χ2v) is 7.54. The Morgan fingerprint density at radius 1 is 0.621 bits per heavy atom. The van der Waals surface area contributed by atoms with Crippen molar-refractivity contribution in [2.24, 2.45) is 0 Å². The van der Waals surface area contributed by atoms with Crippen LogP contribution in [0.5, 0.6) is 0 Å². The molecule has 1 unspecified atom stereocenters. The highest BCUT2D eigenvalue weighted by atomic mass is 14.9. The van der Waals surface area contributed by atoms with Gasteiger partial charge < -0.3 is 5.32 Å². The molecule has 0 aromatic heterocycles. The van der Waals surface area contributed by atoms with Crippen molar-refractivity contribution in [2.45, 2.75) is 12.3 Å². The molecule has 140 valence electrons. The van der Waals surface area contributed by atoms with Gasteiger partial charge in [0.2, 0.25) is 0 Å². The highest BCUT2D eigenvalue weighted by Crippen LogP contribution is 2.28. The van der Waals surface area contributed by atoms with Gasteiger partial charge in [-0.3, -0.25) is 0 Å². The van der Waals surface area contributed by atoms with Crippen molar-refractivity contribution in [3.63, 3.8) is 0 Å². The molecule has 1 aliphatic carbocycles. The maximum absolute atomic E-state index is 3.51. The van der Waals surface area contributed by atoms with E-state index >= 15 is 0 Å². The molecule has 4 aromatic rings. The minimum absolute atomic E-state index is 0.496. The van der Waals surface area contributed by atoms with Crippen molar-refractivity contribution in [3.05, 3.63) is 121 Å². The average molecular weight is 373 g/mol. The lowest BCUT2D eigenvalue weighted by atomic mass is 9.92. The molecule has 0 spiro atoms. The highest BCUT2D eigenvalue weighted by Gasteiger charge is 2.08. The fourth-order valence-corrected chi connectivity index (χ4v) is 3.92. The molecule has 4 aromatic carbocycles. The Hall–Kier alpha value is -3.58. The molecule has 1 atom stereocenters. The number of allylic oxidation sites excluding steroid dienone is 4. The summed E-state index contributed by atoms with van der Waals surface area (Å²) in [5, 5.41) is 6.06. The number of nitrogens with one attached hydrogen (secondary N) is 1. The Morgan fingerprint density at radius 3 is 2.03 bits per heavy atom. The normalized spacial score (nSPS) is 15.5. The van der Waals surface area contributed by atoms with Crippen LogP contribution >= 0.6 is 0 Å². The van der Waals surface area contributed by atoms with E-state index in [0.29, 0.717) is 5.92 Å². The lowest BCUT2D eigenvalue weighted by molar-refractivity contribution is 0.854. The molecular weight excluding hydrogens is 350 g/mol. The van der Waals surface area contributed by atoms with E-state index in [1.54, 1.807) is 0 Å². The zero-order chi connectivity index (χ0) is 19.5. The summed E-state index contributed by atoms with van der Waals surface area (Å²) in [5.74, 6) is 0.496. The van der Waals surface area contributed by atoms with E-state index in [1.807, 2.05) is 0 Å². The van der Waals surface area contributed by atoms with E-state index in [-0.39, 0.29) is 0 Å². The van der Waals surface area contributed by atoms with E-state index in [0.717, 1.165) is 17.8 Å². The molecule has 1 N–H and O–H groups in total. The molecule has 1 nitrogen and oxygen atoms in total. The molecule has 1 heteroatoms. The van der Waals surface area contributed by atoms with Crippen LogP contribution in [-0.4, -0.2) is 0 Å². The first kappa shape index (κ1) is 17.5. The van der Waals surface area contributed by atoms with E-state index in [1.165, 1.54) is 27.5 Å². The number of hydrogen-bond acceptors (Lipinski definition) is 1. The van der Waals surface area contributed by atoms with Crippen molar-refractivity contribution in [3.8, 4) is 11.1 Å². The van der Waals surface area contributed by atoms with Gasteiger partial charge in [-0.15, -0.1) is 0 Å². The Bertz CT molecular complexity index is 1180. The molecule has 1 aliphatic rings. The SMILES string of the molecule is C1=CCC(c2ccc(Nc3ccc(-c4ccc5ccccc5c4)cc3)cc2)C=C1. The zero-order valence-electron chi connectivity index (χ0n) is 16.3. The van der Waals surface area contributed by atoms with Gasteiger partial charge in [-0.25, -0.2) is 0 Å². The van der Waals surface area contributed by atoms with Crippen LogP contribution in [0.3, 0.4) is 0 Å². The third-order valence-corrected chi connectivity index (χ3v) is 5.58. The summed E-state index contributed by atoms with van der Waals surface area (Å²) in [6.45, 7) is 0. The van der Waals surface area contributed by atoms with Crippen LogP contribution in [-0.2, 0) is 0 Å². The number of fused-ring (bicyclic) bond motifs is 1. The van der Waals surface area contributed by atoms with Crippen LogP contribution < -0.4 is 5.32 Å². The van der Waals surface area contributed by atoms with E-state index in [9.17, 15) is 0 Å². The lowest BCUT2D eigenvalue weighted by Crippen LogP contribution is -1.97. The fourth-order valence-electron chi connectivity index (χ4n) is 3.92. The third-order valence-electron chi connectivity index (χ3n) is 5.58. The number of rotatable bonds is 4. The smallest absolute Gasteiger partial charge is 0.0384 e. The van der Waals surface area contributed by atoms with Gasteiger partial charge >= 0.3 is 0 Å². The van der Waals surface area contributed by atoms with Crippen LogP contribution in [0.15, 0.2) is 115 Å². The van der Waals surface area contributed by atoms with Crippen molar-refractivity contribution in [2.75, 3.05) is 5.32 Å². The van der Waals surface area contributed by atoms with Crippen molar-refractivity contribution in [1.82, 2.24) is 0 Å². The topological polar surface area (TPSA) is 12.0 Å².